The second-order valence-corrected chi connectivity index (χ2v) is 16.6. The number of nitrogens with zero attached hydrogens (tertiary/aromatic N) is 5. The third-order valence-corrected chi connectivity index (χ3v) is 11.5. The van der Waals surface area contributed by atoms with E-state index in [-0.39, 0.29) is 49.9 Å². The van der Waals surface area contributed by atoms with Crippen molar-refractivity contribution in [3.8, 4) is 11.9 Å². The molecule has 0 radical (unpaired) electrons. The van der Waals surface area contributed by atoms with Crippen molar-refractivity contribution in [2.75, 3.05) is 48.7 Å². The number of carbonyl (C=O) groups excluding carboxylic acids is 6. The highest BCUT2D eigenvalue weighted by Gasteiger charge is 2.48. The van der Waals surface area contributed by atoms with E-state index in [0.29, 0.717) is 48.3 Å². The van der Waals surface area contributed by atoms with Gasteiger partial charge in [-0.3, -0.25) is 49.5 Å². The second kappa shape index (κ2) is 25.6. The zero-order valence-corrected chi connectivity index (χ0v) is 38.3. The zero-order valence-electron chi connectivity index (χ0n) is 38.3. The number of pyridine rings is 1. The van der Waals surface area contributed by atoms with E-state index >= 15 is 0 Å². The van der Waals surface area contributed by atoms with Crippen LogP contribution in [-0.2, 0) is 40.1 Å². The van der Waals surface area contributed by atoms with Gasteiger partial charge in [0.25, 0.3) is 17.7 Å². The first-order valence-electron chi connectivity index (χ1n) is 22.7. The molecule has 0 bridgehead atoms. The van der Waals surface area contributed by atoms with Crippen LogP contribution in [-0.4, -0.2) is 146 Å². The number of anilines is 3. The van der Waals surface area contributed by atoms with E-state index in [1.807, 2.05) is 6.19 Å². The number of hydrogen-bond acceptors (Lipinski definition) is 16. The number of carboxylic acids is 1. The summed E-state index contributed by atoms with van der Waals surface area (Å²) in [4.78, 5) is 98.3. The molecular formula is C47H54N10O14. The van der Waals surface area contributed by atoms with Gasteiger partial charge in [-0.25, -0.2) is 9.59 Å². The third kappa shape index (κ3) is 15.3. The molecule has 2 fully saturated rings. The summed E-state index contributed by atoms with van der Waals surface area (Å²) < 4.78 is 16.4. The van der Waals surface area contributed by atoms with Crippen LogP contribution in [0.5, 0.6) is 5.75 Å². The molecule has 5 atom stereocenters. The Morgan fingerprint density at radius 1 is 0.859 bits per heavy atom. The smallest absolute Gasteiger partial charge is 0.411 e. The largest absolute Gasteiger partial charge is 0.479 e. The van der Waals surface area contributed by atoms with Gasteiger partial charge in [-0.05, 0) is 73.2 Å². The van der Waals surface area contributed by atoms with Gasteiger partial charge in [0.15, 0.2) is 12.3 Å². The van der Waals surface area contributed by atoms with E-state index in [1.54, 1.807) is 47.6 Å². The number of aliphatic imine (C=N–C) groups is 1. The van der Waals surface area contributed by atoms with Crippen LogP contribution >= 0.6 is 0 Å². The summed E-state index contributed by atoms with van der Waals surface area (Å²) in [5.41, 5.74) is 1.64. The molecule has 3 aromatic rings. The SMILES string of the molecule is N#CNC(=NCCCCC1CCN(C(=O)c2cccc(NC(=O)OCc3ccc(O[C@@H]4O[C@H](C(=O)O)[C@@H](O)[C@H](O)[C@H]4O)c(NC(=O)CCNC(=O)CCN4C(=O)C=CC4=O)c3)c2)CC1)Nc1ccncc1. The standard InChI is InChI=1S/C47H54N10O14/c48-27-52-46(53-31-11-18-49-19-12-31)51-17-2-1-4-28-14-21-56(22-15-28)43(65)30-5-3-6-32(25-30)54-47(68)69-26-29-7-8-34(70-45-41(64)39(62)40(63)42(71-45)44(66)67)33(24-29)55-36(59)13-20-50-35(58)16-23-57-37(60)9-10-38(57)61/h3,5-12,18-19,24-25,28,39-42,45,62-64H,1-2,4,13-17,20-23,26H2,(H,50,58)(H,54,68)(H,55,59)(H,66,67)(H2,49,51,52,53)/t39-,40-,41+,42-,45+/m0/s1. The first kappa shape index (κ1) is 52.4. The Morgan fingerprint density at radius 3 is 2.32 bits per heavy atom. The zero-order chi connectivity index (χ0) is 50.9. The average molecular weight is 983 g/mol. The first-order valence-corrected chi connectivity index (χ1v) is 22.7. The summed E-state index contributed by atoms with van der Waals surface area (Å²) in [6.45, 7) is 0.993. The predicted octanol–water partition coefficient (Wildman–Crippen LogP) is 1.42. The van der Waals surface area contributed by atoms with E-state index in [4.69, 9.17) is 19.5 Å². The number of piperidine rings is 1. The summed E-state index contributed by atoms with van der Waals surface area (Å²) in [6, 6.07) is 14.0. The van der Waals surface area contributed by atoms with Crippen molar-refractivity contribution in [3.63, 3.8) is 0 Å². The molecule has 71 heavy (non-hydrogen) atoms. The Labute approximate surface area is 406 Å². The van der Waals surface area contributed by atoms with Crippen LogP contribution in [0.1, 0.15) is 60.9 Å². The number of imide groups is 1. The fourth-order valence-corrected chi connectivity index (χ4v) is 7.73. The molecule has 1 aromatic heterocycles. The number of benzene rings is 2. The molecule has 24 nitrogen and oxygen atoms in total. The first-order chi connectivity index (χ1) is 34.2. The molecule has 6 rings (SSSR count). The highest BCUT2D eigenvalue weighted by atomic mass is 16.7. The fraction of sp³-hybridized carbons (Fsp3) is 0.404. The lowest BCUT2D eigenvalue weighted by atomic mass is 9.91. The molecule has 0 spiro atoms. The van der Waals surface area contributed by atoms with Crippen LogP contribution < -0.4 is 31.3 Å². The van der Waals surface area contributed by atoms with Gasteiger partial charge >= 0.3 is 12.1 Å². The molecule has 24 heteroatoms. The number of hydrogen-bond donors (Lipinski definition) is 9. The molecule has 0 aliphatic carbocycles. The van der Waals surface area contributed by atoms with Crippen molar-refractivity contribution in [1.29, 1.82) is 5.26 Å². The quantitative estimate of drug-likeness (QED) is 0.0193. The molecular weight excluding hydrogens is 929 g/mol. The number of nitriles is 1. The number of aliphatic hydroxyl groups excluding tert-OH is 3. The van der Waals surface area contributed by atoms with Gasteiger partial charge in [-0.2, -0.15) is 5.26 Å². The molecule has 2 saturated heterocycles. The number of amides is 6. The van der Waals surface area contributed by atoms with Crippen molar-refractivity contribution < 1.29 is 68.2 Å². The summed E-state index contributed by atoms with van der Waals surface area (Å²) >= 11 is 0. The maximum absolute atomic E-state index is 13.5. The fourth-order valence-electron chi connectivity index (χ4n) is 7.73. The highest BCUT2D eigenvalue weighted by molar-refractivity contribution is 6.13. The molecule has 0 unspecified atom stereocenters. The number of aliphatic hydroxyl groups is 3. The normalized spacial score (nSPS) is 20.1. The van der Waals surface area contributed by atoms with Crippen LogP contribution in [0.15, 0.2) is 84.1 Å². The molecule has 6 amide bonds. The van der Waals surface area contributed by atoms with Gasteiger partial charge < -0.3 is 55.5 Å². The Balaban J connectivity index is 0.987. The van der Waals surface area contributed by atoms with Crippen molar-refractivity contribution >= 4 is 64.6 Å². The van der Waals surface area contributed by atoms with E-state index in [2.05, 4.69) is 36.6 Å². The number of rotatable bonds is 20. The molecule has 376 valence electrons. The number of unbranched alkanes of at least 4 members (excludes halogenated alkanes) is 1. The van der Waals surface area contributed by atoms with Gasteiger partial charge in [0, 0.05) is 87.0 Å². The van der Waals surface area contributed by atoms with Crippen molar-refractivity contribution in [1.82, 2.24) is 25.4 Å². The predicted molar refractivity (Wildman–Crippen MR) is 250 cm³/mol. The lowest BCUT2D eigenvalue weighted by molar-refractivity contribution is -0.271. The van der Waals surface area contributed by atoms with E-state index in [0.717, 1.165) is 54.8 Å². The van der Waals surface area contributed by atoms with Gasteiger partial charge in [-0.1, -0.05) is 25.0 Å². The number of likely N-dealkylation sites (tertiary alicyclic amines) is 1. The number of ether oxygens (including phenoxy) is 3. The number of aromatic nitrogens is 1. The Morgan fingerprint density at radius 2 is 1.61 bits per heavy atom. The van der Waals surface area contributed by atoms with Crippen LogP contribution in [0.2, 0.25) is 0 Å². The number of carboxylic acid groups (broad SMARTS) is 1. The maximum atomic E-state index is 13.5. The van der Waals surface area contributed by atoms with Crippen LogP contribution in [0, 0.1) is 17.4 Å². The van der Waals surface area contributed by atoms with E-state index in [9.17, 15) is 54.0 Å². The maximum Gasteiger partial charge on any atom is 0.411 e. The molecule has 0 saturated carbocycles. The van der Waals surface area contributed by atoms with Crippen molar-refractivity contribution in [3.05, 3.63) is 90.3 Å². The number of carbonyl (C=O) groups is 7. The van der Waals surface area contributed by atoms with Crippen LogP contribution in [0.25, 0.3) is 0 Å². The lowest BCUT2D eigenvalue weighted by Crippen LogP contribution is -2.61. The lowest BCUT2D eigenvalue weighted by Gasteiger charge is -2.38. The van der Waals surface area contributed by atoms with Crippen molar-refractivity contribution in [2.24, 2.45) is 10.9 Å². The number of guanidine groups is 1. The molecule has 2 aromatic carbocycles. The van der Waals surface area contributed by atoms with Crippen LogP contribution in [0.3, 0.4) is 0 Å². The minimum atomic E-state index is -1.99. The van der Waals surface area contributed by atoms with Gasteiger partial charge in [0.2, 0.25) is 24.1 Å². The van der Waals surface area contributed by atoms with Crippen LogP contribution in [0.4, 0.5) is 21.9 Å². The summed E-state index contributed by atoms with van der Waals surface area (Å²) in [5, 5.41) is 62.9. The molecule has 3 aliphatic heterocycles. The highest BCUT2D eigenvalue weighted by Crippen LogP contribution is 2.32. The van der Waals surface area contributed by atoms with E-state index < -0.39 is 66.4 Å². The minimum absolute atomic E-state index is 0.0832. The number of nitrogens with one attached hydrogen (secondary N) is 5. The summed E-state index contributed by atoms with van der Waals surface area (Å²) in [6.07, 6.45) is 0.654. The van der Waals surface area contributed by atoms with Gasteiger partial charge in [-0.15, -0.1) is 0 Å². The Hall–Kier alpha value is -7.98. The van der Waals surface area contributed by atoms with E-state index in [1.165, 1.54) is 24.3 Å². The van der Waals surface area contributed by atoms with Gasteiger partial charge in [0.05, 0.1) is 5.69 Å². The Kier molecular flexibility index (Phi) is 18.9. The number of aliphatic carboxylic acids is 1. The second-order valence-electron chi connectivity index (χ2n) is 16.6. The summed E-state index contributed by atoms with van der Waals surface area (Å²) in [7, 11) is 0. The molecule has 4 heterocycles. The third-order valence-electron chi connectivity index (χ3n) is 11.5. The molecule has 9 N–H and O–H groups in total. The topological polar surface area (TPSA) is 344 Å². The average Bonchev–Trinajstić information content (AvgIpc) is 3.68. The van der Waals surface area contributed by atoms with Crippen molar-refractivity contribution in [2.45, 2.75) is 82.3 Å². The summed E-state index contributed by atoms with van der Waals surface area (Å²) in [5.74, 6) is -3.51. The minimum Gasteiger partial charge on any atom is -0.479 e. The Bertz CT molecular complexity index is 2490. The monoisotopic (exact) mass is 982 g/mol. The molecule has 3 aliphatic rings. The van der Waals surface area contributed by atoms with Gasteiger partial charge in [0.1, 0.15) is 30.7 Å².